The monoisotopic (exact) mass is 493 g/mol. The Bertz CT molecular complexity index is 1480. The van der Waals surface area contributed by atoms with Crippen LogP contribution >= 0.6 is 11.8 Å². The second-order valence-electron chi connectivity index (χ2n) is 7.99. The van der Waals surface area contributed by atoms with Gasteiger partial charge in [0, 0.05) is 22.8 Å². The molecule has 0 saturated carbocycles. The number of carbonyl (C=O) groups is 2. The third kappa shape index (κ3) is 5.12. The van der Waals surface area contributed by atoms with Crippen molar-refractivity contribution in [2.75, 3.05) is 11.6 Å². The molecule has 8 nitrogen and oxygen atoms in total. The number of anilines is 1. The molecule has 0 radical (unpaired) electrons. The third-order valence-corrected chi connectivity index (χ3v) is 6.40. The summed E-state index contributed by atoms with van der Waals surface area (Å²) in [6, 6.07) is 13.2. The number of nitrogens with zero attached hydrogens (tertiary/aromatic N) is 3. The second kappa shape index (κ2) is 10.1. The van der Waals surface area contributed by atoms with E-state index in [0.717, 1.165) is 15.1 Å². The number of halogens is 1. The highest BCUT2D eigenvalue weighted by Crippen LogP contribution is 2.21. The smallest absolute Gasteiger partial charge is 0.291 e. The summed E-state index contributed by atoms with van der Waals surface area (Å²) in [6.45, 7) is 3.36. The third-order valence-electron chi connectivity index (χ3n) is 5.68. The zero-order valence-corrected chi connectivity index (χ0v) is 20.3. The number of fused-ring (bicyclic) bond motifs is 1. The first-order chi connectivity index (χ1) is 16.8. The van der Waals surface area contributed by atoms with Crippen LogP contribution in [0.1, 0.15) is 27.2 Å². The van der Waals surface area contributed by atoms with Crippen molar-refractivity contribution in [3.63, 3.8) is 0 Å². The van der Waals surface area contributed by atoms with E-state index in [1.165, 1.54) is 18.5 Å². The summed E-state index contributed by atoms with van der Waals surface area (Å²) in [5.74, 6) is -1.10. The number of carbonyl (C=O) groups excluding carboxylic acids is 2. The van der Waals surface area contributed by atoms with Crippen LogP contribution in [-0.2, 0) is 17.9 Å². The van der Waals surface area contributed by atoms with E-state index < -0.39 is 5.56 Å². The van der Waals surface area contributed by atoms with Gasteiger partial charge in [-0.25, -0.2) is 9.07 Å². The number of thioether (sulfide) groups is 1. The van der Waals surface area contributed by atoms with E-state index in [-0.39, 0.29) is 36.2 Å². The lowest BCUT2D eigenvalue weighted by molar-refractivity contribution is -0.117. The first-order valence-corrected chi connectivity index (χ1v) is 12.0. The van der Waals surface area contributed by atoms with Crippen LogP contribution in [0, 0.1) is 19.7 Å². The van der Waals surface area contributed by atoms with Crippen molar-refractivity contribution in [3.8, 4) is 0 Å². The Kier molecular flexibility index (Phi) is 7.02. The Morgan fingerprint density at radius 3 is 2.57 bits per heavy atom. The number of rotatable bonds is 7. The lowest BCUT2D eigenvalue weighted by Crippen LogP contribution is -2.30. The Morgan fingerprint density at radius 1 is 1.11 bits per heavy atom. The Hall–Kier alpha value is -3.92. The number of aryl methyl sites for hydroxylation is 2. The maximum Gasteiger partial charge on any atom is 0.291 e. The number of hydrogen-bond acceptors (Lipinski definition) is 5. The molecule has 2 amide bonds. The largest absolute Gasteiger partial charge is 0.348 e. The van der Waals surface area contributed by atoms with E-state index >= 15 is 0 Å². The van der Waals surface area contributed by atoms with E-state index in [2.05, 4.69) is 15.7 Å². The Morgan fingerprint density at radius 2 is 1.86 bits per heavy atom. The van der Waals surface area contributed by atoms with E-state index in [4.69, 9.17) is 0 Å². The van der Waals surface area contributed by atoms with Gasteiger partial charge in [-0.1, -0.05) is 18.2 Å². The van der Waals surface area contributed by atoms with E-state index in [1.807, 2.05) is 24.5 Å². The Balaban J connectivity index is 1.56. The van der Waals surface area contributed by atoms with Gasteiger partial charge in [-0.15, -0.1) is 11.8 Å². The van der Waals surface area contributed by atoms with Crippen LogP contribution in [-0.4, -0.2) is 32.3 Å². The predicted octanol–water partition coefficient (Wildman–Crippen LogP) is 3.54. The molecule has 0 aliphatic heterocycles. The summed E-state index contributed by atoms with van der Waals surface area (Å²) in [4.78, 5) is 39.7. The van der Waals surface area contributed by atoms with Crippen LogP contribution < -0.4 is 16.2 Å². The maximum absolute atomic E-state index is 13.2. The molecule has 0 unspecified atom stereocenters. The zero-order chi connectivity index (χ0) is 25.1. The fourth-order valence-corrected chi connectivity index (χ4v) is 4.37. The Labute approximate surface area is 205 Å². The minimum atomic E-state index is -0.473. The minimum absolute atomic E-state index is 0.213. The molecule has 2 N–H and O–H groups in total. The molecule has 10 heteroatoms. The molecular weight excluding hydrogens is 469 g/mol. The molecule has 2 aromatic carbocycles. The molecule has 0 fully saturated rings. The molecule has 180 valence electrons. The lowest BCUT2D eigenvalue weighted by atomic mass is 10.1. The van der Waals surface area contributed by atoms with Crippen molar-refractivity contribution in [1.82, 2.24) is 19.5 Å². The molecule has 0 saturated heterocycles. The number of benzene rings is 2. The van der Waals surface area contributed by atoms with Crippen LogP contribution in [0.15, 0.2) is 64.5 Å². The molecule has 4 aromatic rings. The molecule has 0 aliphatic rings. The molecule has 0 spiro atoms. The van der Waals surface area contributed by atoms with Gasteiger partial charge < -0.3 is 10.6 Å². The lowest BCUT2D eigenvalue weighted by Gasteiger charge is -2.08. The van der Waals surface area contributed by atoms with E-state index in [9.17, 15) is 18.8 Å². The van der Waals surface area contributed by atoms with Crippen molar-refractivity contribution in [3.05, 3.63) is 93.4 Å². The summed E-state index contributed by atoms with van der Waals surface area (Å²) in [5, 5.41) is 9.72. The molecule has 4 rings (SSSR count). The molecular formula is C25H24FN5O3S. The van der Waals surface area contributed by atoms with Crippen LogP contribution in [0.25, 0.3) is 5.52 Å². The first-order valence-electron chi connectivity index (χ1n) is 10.8. The SMILES string of the molecule is CSc1cccc(NC(=O)Cn2ncn3c(C)c(C(=O)NCc4ccc(F)cc4)c(C)c3c2=O)c1. The highest BCUT2D eigenvalue weighted by molar-refractivity contribution is 7.98. The van der Waals surface area contributed by atoms with Crippen molar-refractivity contribution in [1.29, 1.82) is 0 Å². The van der Waals surface area contributed by atoms with Crippen LogP contribution in [0.4, 0.5) is 10.1 Å². The molecule has 0 atom stereocenters. The van der Waals surface area contributed by atoms with Crippen LogP contribution in [0.3, 0.4) is 0 Å². The molecule has 2 heterocycles. The summed E-state index contributed by atoms with van der Waals surface area (Å²) >= 11 is 1.56. The molecule has 35 heavy (non-hydrogen) atoms. The zero-order valence-electron chi connectivity index (χ0n) is 19.5. The molecule has 2 aromatic heterocycles. The standard InChI is InChI=1S/C25H24FN5O3S/c1-15-22(24(33)27-12-17-7-9-18(26)10-8-17)16(2)30-14-28-31(25(34)23(15)30)13-21(32)29-19-5-4-6-20(11-19)35-3/h4-11,14H,12-13H2,1-3H3,(H,27,33)(H,29,32). The fraction of sp³-hybridized carbons (Fsp3) is 0.200. The van der Waals surface area contributed by atoms with Gasteiger partial charge in [0.15, 0.2) is 0 Å². The topological polar surface area (TPSA) is 97.5 Å². The maximum atomic E-state index is 13.2. The van der Waals surface area contributed by atoms with Gasteiger partial charge >= 0.3 is 0 Å². The quantitative estimate of drug-likeness (QED) is 0.384. The number of nitrogens with one attached hydrogen (secondary N) is 2. The van der Waals surface area contributed by atoms with Crippen molar-refractivity contribution in [2.24, 2.45) is 0 Å². The highest BCUT2D eigenvalue weighted by Gasteiger charge is 2.22. The normalized spacial score (nSPS) is 11.0. The average Bonchev–Trinajstić information content (AvgIpc) is 3.10. The highest BCUT2D eigenvalue weighted by atomic mass is 32.2. The number of amides is 2. The van der Waals surface area contributed by atoms with Crippen molar-refractivity contribution < 1.29 is 14.0 Å². The first kappa shape index (κ1) is 24.2. The molecule has 0 bridgehead atoms. The van der Waals surface area contributed by atoms with Crippen molar-refractivity contribution >= 4 is 34.8 Å². The van der Waals surface area contributed by atoms with E-state index in [1.54, 1.807) is 48.2 Å². The average molecular weight is 494 g/mol. The van der Waals surface area contributed by atoms with Crippen molar-refractivity contribution in [2.45, 2.75) is 31.8 Å². The number of hydrogen-bond donors (Lipinski definition) is 2. The van der Waals surface area contributed by atoms with Gasteiger partial charge in [0.25, 0.3) is 11.5 Å². The summed E-state index contributed by atoms with van der Waals surface area (Å²) < 4.78 is 15.7. The van der Waals surface area contributed by atoms with Crippen LogP contribution in [0.5, 0.6) is 0 Å². The van der Waals surface area contributed by atoms with Gasteiger partial charge in [0.2, 0.25) is 5.91 Å². The van der Waals surface area contributed by atoms with E-state index in [0.29, 0.717) is 22.5 Å². The van der Waals surface area contributed by atoms with Gasteiger partial charge in [0.05, 0.1) is 5.56 Å². The van der Waals surface area contributed by atoms with Gasteiger partial charge in [-0.3, -0.25) is 18.8 Å². The minimum Gasteiger partial charge on any atom is -0.348 e. The predicted molar refractivity (Wildman–Crippen MR) is 133 cm³/mol. The number of aromatic nitrogens is 3. The summed E-state index contributed by atoms with van der Waals surface area (Å²) in [5.41, 5.74) is 2.60. The summed E-state index contributed by atoms with van der Waals surface area (Å²) in [7, 11) is 0. The van der Waals surface area contributed by atoms with Gasteiger partial charge in [-0.05, 0) is 61.6 Å². The molecule has 0 aliphatic carbocycles. The summed E-state index contributed by atoms with van der Waals surface area (Å²) in [6.07, 6.45) is 3.37. The van der Waals surface area contributed by atoms with Crippen LogP contribution in [0.2, 0.25) is 0 Å². The second-order valence-corrected chi connectivity index (χ2v) is 8.87. The fourth-order valence-electron chi connectivity index (χ4n) is 3.91. The van der Waals surface area contributed by atoms with Gasteiger partial charge in [0.1, 0.15) is 24.2 Å². The van der Waals surface area contributed by atoms with Gasteiger partial charge in [-0.2, -0.15) is 5.10 Å².